The van der Waals surface area contributed by atoms with E-state index in [1.54, 1.807) is 21.3 Å². The van der Waals surface area contributed by atoms with Gasteiger partial charge in [-0.1, -0.05) is 18.7 Å². The van der Waals surface area contributed by atoms with Gasteiger partial charge in [0.15, 0.2) is 11.5 Å². The van der Waals surface area contributed by atoms with E-state index in [0.717, 1.165) is 65.6 Å². The Hall–Kier alpha value is -2.34. The third-order valence-electron chi connectivity index (χ3n) is 5.11. The van der Waals surface area contributed by atoms with Crippen LogP contribution in [-0.2, 0) is 6.42 Å². The number of hydrogen-bond acceptors (Lipinski definition) is 5. The Bertz CT molecular complexity index is 833. The Kier molecular flexibility index (Phi) is 6.73. The summed E-state index contributed by atoms with van der Waals surface area (Å²) in [5, 5.41) is 0. The fourth-order valence-electron chi connectivity index (χ4n) is 3.55. The molecule has 28 heavy (non-hydrogen) atoms. The molecule has 0 atom stereocenters. The molecule has 2 aromatic rings. The van der Waals surface area contributed by atoms with E-state index in [2.05, 4.69) is 50.5 Å². The molecule has 1 aliphatic rings. The van der Waals surface area contributed by atoms with Crippen molar-refractivity contribution in [3.63, 3.8) is 0 Å². The van der Waals surface area contributed by atoms with Crippen LogP contribution in [-0.4, -0.2) is 52.4 Å². The lowest BCUT2D eigenvalue weighted by atomic mass is 10.1. The Morgan fingerprint density at radius 2 is 1.68 bits per heavy atom. The minimum atomic E-state index is 0.743. The van der Waals surface area contributed by atoms with Gasteiger partial charge in [0.25, 0.3) is 0 Å². The molecular formula is C22H27BrN2O3. The first kappa shape index (κ1) is 20.4. The lowest BCUT2D eigenvalue weighted by Crippen LogP contribution is -2.46. The number of allylic oxidation sites excluding steroid dienone is 1. The van der Waals surface area contributed by atoms with Crippen molar-refractivity contribution in [1.82, 2.24) is 4.90 Å². The van der Waals surface area contributed by atoms with Crippen LogP contribution in [0.2, 0.25) is 0 Å². The van der Waals surface area contributed by atoms with Crippen LogP contribution in [0.1, 0.15) is 5.56 Å². The molecule has 3 rings (SSSR count). The van der Waals surface area contributed by atoms with Crippen molar-refractivity contribution in [3.8, 4) is 17.2 Å². The fraction of sp³-hybridized carbons (Fsp3) is 0.364. The van der Waals surface area contributed by atoms with Crippen molar-refractivity contribution in [2.75, 3.05) is 52.4 Å². The van der Waals surface area contributed by atoms with E-state index in [4.69, 9.17) is 14.2 Å². The summed E-state index contributed by atoms with van der Waals surface area (Å²) in [4.78, 5) is 4.73. The third kappa shape index (κ3) is 4.38. The third-order valence-corrected chi connectivity index (χ3v) is 5.76. The van der Waals surface area contributed by atoms with Crippen molar-refractivity contribution in [1.29, 1.82) is 0 Å². The second kappa shape index (κ2) is 9.24. The zero-order valence-corrected chi connectivity index (χ0v) is 18.3. The molecule has 0 aromatic heterocycles. The van der Waals surface area contributed by atoms with Crippen molar-refractivity contribution >= 4 is 21.6 Å². The van der Waals surface area contributed by atoms with Crippen molar-refractivity contribution in [2.24, 2.45) is 0 Å². The van der Waals surface area contributed by atoms with E-state index in [0.29, 0.717) is 0 Å². The summed E-state index contributed by atoms with van der Waals surface area (Å²) < 4.78 is 17.4. The van der Waals surface area contributed by atoms with E-state index in [1.807, 2.05) is 18.2 Å². The quantitative estimate of drug-likeness (QED) is 0.631. The molecule has 150 valence electrons. The van der Waals surface area contributed by atoms with E-state index >= 15 is 0 Å². The van der Waals surface area contributed by atoms with Crippen molar-refractivity contribution in [3.05, 3.63) is 58.7 Å². The van der Waals surface area contributed by atoms with Gasteiger partial charge >= 0.3 is 0 Å². The number of para-hydroxylation sites is 1. The number of nitrogens with zero attached hydrogens (tertiary/aromatic N) is 2. The first-order chi connectivity index (χ1) is 13.6. The number of halogens is 1. The lowest BCUT2D eigenvalue weighted by molar-refractivity contribution is 0.313. The molecular weight excluding hydrogens is 420 g/mol. The number of ether oxygens (including phenoxy) is 3. The summed E-state index contributed by atoms with van der Waals surface area (Å²) in [6, 6.07) is 12.2. The van der Waals surface area contributed by atoms with Gasteiger partial charge in [0.05, 0.1) is 25.8 Å². The van der Waals surface area contributed by atoms with E-state index in [-0.39, 0.29) is 0 Å². The lowest BCUT2D eigenvalue weighted by Gasteiger charge is -2.38. The first-order valence-corrected chi connectivity index (χ1v) is 10.1. The number of benzene rings is 2. The van der Waals surface area contributed by atoms with E-state index < -0.39 is 0 Å². The first-order valence-electron chi connectivity index (χ1n) is 9.28. The molecule has 0 bridgehead atoms. The maximum absolute atomic E-state index is 5.55. The number of rotatable bonds is 7. The molecule has 0 unspecified atom stereocenters. The van der Waals surface area contributed by atoms with Crippen LogP contribution in [0.15, 0.2) is 53.1 Å². The molecule has 0 radical (unpaired) electrons. The maximum Gasteiger partial charge on any atom is 0.164 e. The number of piperazine rings is 1. The predicted octanol–water partition coefficient (Wildman–Crippen LogP) is 4.35. The Morgan fingerprint density at radius 3 is 2.32 bits per heavy atom. The van der Waals surface area contributed by atoms with Gasteiger partial charge in [0.1, 0.15) is 5.75 Å². The highest BCUT2D eigenvalue weighted by molar-refractivity contribution is 9.10. The van der Waals surface area contributed by atoms with Gasteiger partial charge in [0.2, 0.25) is 0 Å². The number of anilines is 1. The molecule has 0 N–H and O–H groups in total. The fourth-order valence-corrected chi connectivity index (χ4v) is 3.96. The highest BCUT2D eigenvalue weighted by Gasteiger charge is 2.20. The Balaban J connectivity index is 1.63. The summed E-state index contributed by atoms with van der Waals surface area (Å²) in [6.07, 6.45) is 0.743. The van der Waals surface area contributed by atoms with Crippen LogP contribution >= 0.6 is 15.9 Å². The maximum atomic E-state index is 5.55. The van der Waals surface area contributed by atoms with Gasteiger partial charge in [0, 0.05) is 55.6 Å². The van der Waals surface area contributed by atoms with Gasteiger partial charge in [-0.3, -0.25) is 0 Å². The van der Waals surface area contributed by atoms with Crippen LogP contribution in [0.25, 0.3) is 0 Å². The molecule has 5 nitrogen and oxygen atoms in total. The minimum Gasteiger partial charge on any atom is -0.495 e. The van der Waals surface area contributed by atoms with E-state index in [1.165, 1.54) is 5.69 Å². The highest BCUT2D eigenvalue weighted by atomic mass is 79.9. The molecule has 0 amide bonds. The van der Waals surface area contributed by atoms with Crippen LogP contribution in [0.4, 0.5) is 5.69 Å². The van der Waals surface area contributed by atoms with Crippen LogP contribution in [0.5, 0.6) is 17.2 Å². The Labute approximate surface area is 175 Å². The van der Waals surface area contributed by atoms with E-state index in [9.17, 15) is 0 Å². The second-order valence-electron chi connectivity index (χ2n) is 6.69. The topological polar surface area (TPSA) is 34.2 Å². The molecule has 0 saturated carbocycles. The van der Waals surface area contributed by atoms with Gasteiger partial charge in [-0.15, -0.1) is 0 Å². The zero-order valence-electron chi connectivity index (χ0n) is 16.7. The minimum absolute atomic E-state index is 0.743. The largest absolute Gasteiger partial charge is 0.495 e. The number of methoxy groups -OCH3 is 3. The van der Waals surface area contributed by atoms with Gasteiger partial charge in [-0.25, -0.2) is 0 Å². The van der Waals surface area contributed by atoms with Crippen LogP contribution < -0.4 is 19.1 Å². The molecule has 6 heteroatoms. The van der Waals surface area contributed by atoms with Gasteiger partial charge < -0.3 is 24.0 Å². The smallest absolute Gasteiger partial charge is 0.164 e. The summed E-state index contributed by atoms with van der Waals surface area (Å²) >= 11 is 3.51. The van der Waals surface area contributed by atoms with Crippen LogP contribution in [0.3, 0.4) is 0 Å². The van der Waals surface area contributed by atoms with Crippen LogP contribution in [0, 0.1) is 0 Å². The normalized spacial score (nSPS) is 14.0. The summed E-state index contributed by atoms with van der Waals surface area (Å²) in [7, 11) is 5.03. The van der Waals surface area contributed by atoms with Gasteiger partial charge in [-0.2, -0.15) is 0 Å². The molecule has 0 aliphatic carbocycles. The second-order valence-corrected chi connectivity index (χ2v) is 7.54. The molecule has 0 spiro atoms. The van der Waals surface area contributed by atoms with Crippen molar-refractivity contribution < 1.29 is 14.2 Å². The molecule has 1 fully saturated rings. The predicted molar refractivity (Wildman–Crippen MR) is 117 cm³/mol. The van der Waals surface area contributed by atoms with Crippen molar-refractivity contribution in [2.45, 2.75) is 6.42 Å². The number of hydrogen-bond donors (Lipinski definition) is 0. The molecule has 1 aliphatic heterocycles. The monoisotopic (exact) mass is 446 g/mol. The summed E-state index contributed by atoms with van der Waals surface area (Å²) in [6.45, 7) is 8.08. The highest BCUT2D eigenvalue weighted by Crippen LogP contribution is 2.33. The average molecular weight is 447 g/mol. The molecule has 1 heterocycles. The molecule has 2 aromatic carbocycles. The SMILES string of the molecule is C=C(Cc1cccc(OC)c1OC)N1CCN(c2ccc(Br)c(OC)c2)CC1. The summed E-state index contributed by atoms with van der Waals surface area (Å²) in [5.41, 5.74) is 3.37. The Morgan fingerprint density at radius 1 is 0.964 bits per heavy atom. The standard InChI is InChI=1S/C22H27BrN2O3/c1-16(14-17-6-5-7-20(26-2)22(17)28-4)24-10-12-25(13-11-24)18-8-9-19(23)21(15-18)27-3/h5-9,15H,1,10-14H2,2-4H3. The average Bonchev–Trinajstić information content (AvgIpc) is 2.74. The molecule has 1 saturated heterocycles. The zero-order chi connectivity index (χ0) is 20.1. The van der Waals surface area contributed by atoms with Gasteiger partial charge in [-0.05, 0) is 34.1 Å². The summed E-state index contributed by atoms with van der Waals surface area (Å²) in [5.74, 6) is 2.39.